The van der Waals surface area contributed by atoms with E-state index in [-0.39, 0.29) is 5.41 Å². The SMILES string of the molecule is CC[C@@H]1CCN(C(=O)C2(CN)CCCC2)C1. The van der Waals surface area contributed by atoms with Gasteiger partial charge in [0.05, 0.1) is 5.41 Å². The normalized spacial score (nSPS) is 28.6. The van der Waals surface area contributed by atoms with Crippen LogP contribution in [0.4, 0.5) is 0 Å². The van der Waals surface area contributed by atoms with Gasteiger partial charge in [0.15, 0.2) is 0 Å². The highest BCUT2D eigenvalue weighted by Gasteiger charge is 2.43. The van der Waals surface area contributed by atoms with E-state index < -0.39 is 0 Å². The summed E-state index contributed by atoms with van der Waals surface area (Å²) in [5.41, 5.74) is 5.67. The van der Waals surface area contributed by atoms with E-state index >= 15 is 0 Å². The summed E-state index contributed by atoms with van der Waals surface area (Å²) in [6.45, 7) is 4.68. The monoisotopic (exact) mass is 224 g/mol. The molecular weight excluding hydrogens is 200 g/mol. The first-order valence-electron chi connectivity index (χ1n) is 6.71. The zero-order valence-corrected chi connectivity index (χ0v) is 10.4. The summed E-state index contributed by atoms with van der Waals surface area (Å²) in [7, 11) is 0. The molecule has 1 heterocycles. The minimum Gasteiger partial charge on any atom is -0.342 e. The number of nitrogens with zero attached hydrogens (tertiary/aromatic N) is 1. The van der Waals surface area contributed by atoms with Crippen molar-refractivity contribution in [2.75, 3.05) is 19.6 Å². The number of rotatable bonds is 3. The van der Waals surface area contributed by atoms with Gasteiger partial charge >= 0.3 is 0 Å². The molecule has 3 heteroatoms. The first-order chi connectivity index (χ1) is 7.72. The van der Waals surface area contributed by atoms with Crippen molar-refractivity contribution in [3.05, 3.63) is 0 Å². The van der Waals surface area contributed by atoms with Crippen molar-refractivity contribution in [3.8, 4) is 0 Å². The fraction of sp³-hybridized carbons (Fsp3) is 0.923. The highest BCUT2D eigenvalue weighted by Crippen LogP contribution is 2.39. The summed E-state index contributed by atoms with van der Waals surface area (Å²) < 4.78 is 0. The molecule has 1 atom stereocenters. The second-order valence-corrected chi connectivity index (χ2v) is 5.51. The van der Waals surface area contributed by atoms with E-state index in [1.165, 1.54) is 25.7 Å². The smallest absolute Gasteiger partial charge is 0.230 e. The van der Waals surface area contributed by atoms with Crippen molar-refractivity contribution in [2.24, 2.45) is 17.1 Å². The third-order valence-corrected chi connectivity index (χ3v) is 4.56. The molecule has 2 fully saturated rings. The molecule has 16 heavy (non-hydrogen) atoms. The number of carbonyl (C=O) groups is 1. The van der Waals surface area contributed by atoms with Gasteiger partial charge in [0.1, 0.15) is 0 Å². The molecule has 0 radical (unpaired) electrons. The first kappa shape index (κ1) is 11.9. The average Bonchev–Trinajstić information content (AvgIpc) is 2.98. The number of carbonyl (C=O) groups excluding carboxylic acids is 1. The lowest BCUT2D eigenvalue weighted by molar-refractivity contribution is -0.140. The van der Waals surface area contributed by atoms with E-state index in [0.717, 1.165) is 31.8 Å². The molecule has 2 rings (SSSR count). The van der Waals surface area contributed by atoms with Crippen molar-refractivity contribution < 1.29 is 4.79 Å². The van der Waals surface area contributed by atoms with Crippen LogP contribution in [0.2, 0.25) is 0 Å². The Balaban J connectivity index is 2.01. The highest BCUT2D eigenvalue weighted by molar-refractivity contribution is 5.83. The van der Waals surface area contributed by atoms with Crippen molar-refractivity contribution in [1.29, 1.82) is 0 Å². The molecule has 1 aliphatic carbocycles. The molecule has 0 spiro atoms. The first-order valence-corrected chi connectivity index (χ1v) is 6.71. The van der Waals surface area contributed by atoms with Gasteiger partial charge in [-0.15, -0.1) is 0 Å². The van der Waals surface area contributed by atoms with E-state index in [4.69, 9.17) is 5.73 Å². The zero-order valence-electron chi connectivity index (χ0n) is 10.4. The molecule has 0 aromatic heterocycles. The molecule has 1 amide bonds. The van der Waals surface area contributed by atoms with Gasteiger partial charge in [-0.05, 0) is 25.2 Å². The quantitative estimate of drug-likeness (QED) is 0.794. The number of nitrogens with two attached hydrogens (primary N) is 1. The van der Waals surface area contributed by atoms with E-state index in [2.05, 4.69) is 11.8 Å². The Bertz CT molecular complexity index is 259. The lowest BCUT2D eigenvalue weighted by Gasteiger charge is -2.31. The predicted molar refractivity (Wildman–Crippen MR) is 64.9 cm³/mol. The van der Waals surface area contributed by atoms with Crippen LogP contribution < -0.4 is 5.73 Å². The van der Waals surface area contributed by atoms with Crippen molar-refractivity contribution in [3.63, 3.8) is 0 Å². The van der Waals surface area contributed by atoms with E-state index in [9.17, 15) is 4.79 Å². The maximum Gasteiger partial charge on any atom is 0.230 e. The van der Waals surface area contributed by atoms with Crippen LogP contribution in [0.5, 0.6) is 0 Å². The van der Waals surface area contributed by atoms with Gasteiger partial charge in [0.2, 0.25) is 5.91 Å². The van der Waals surface area contributed by atoms with Crippen LogP contribution in [-0.2, 0) is 4.79 Å². The van der Waals surface area contributed by atoms with Gasteiger partial charge in [-0.1, -0.05) is 26.2 Å². The standard InChI is InChI=1S/C13H24N2O/c1-2-11-5-8-15(9-11)12(16)13(10-14)6-3-4-7-13/h11H,2-10,14H2,1H3/t11-/m1/s1. The second kappa shape index (κ2) is 4.74. The third kappa shape index (κ3) is 1.97. The van der Waals surface area contributed by atoms with Gasteiger partial charge < -0.3 is 10.6 Å². The molecule has 1 saturated heterocycles. The van der Waals surface area contributed by atoms with Crippen molar-refractivity contribution in [1.82, 2.24) is 4.90 Å². The number of hydrogen-bond acceptors (Lipinski definition) is 2. The maximum absolute atomic E-state index is 12.5. The third-order valence-electron chi connectivity index (χ3n) is 4.56. The lowest BCUT2D eigenvalue weighted by atomic mass is 9.84. The summed E-state index contributed by atoms with van der Waals surface area (Å²) in [6.07, 6.45) is 6.75. The molecule has 3 nitrogen and oxygen atoms in total. The highest BCUT2D eigenvalue weighted by atomic mass is 16.2. The molecule has 0 bridgehead atoms. The van der Waals surface area contributed by atoms with Gasteiger partial charge in [0.25, 0.3) is 0 Å². The minimum atomic E-state index is -0.192. The molecule has 0 unspecified atom stereocenters. The number of amides is 1. The van der Waals surface area contributed by atoms with Crippen LogP contribution in [0.1, 0.15) is 45.4 Å². The van der Waals surface area contributed by atoms with Crippen molar-refractivity contribution in [2.45, 2.75) is 45.4 Å². The summed E-state index contributed by atoms with van der Waals surface area (Å²) in [5.74, 6) is 1.07. The van der Waals surface area contributed by atoms with E-state index in [1.54, 1.807) is 0 Å². The van der Waals surface area contributed by atoms with Crippen LogP contribution >= 0.6 is 0 Å². The largest absolute Gasteiger partial charge is 0.342 e. The van der Waals surface area contributed by atoms with Gasteiger partial charge in [-0.3, -0.25) is 4.79 Å². The van der Waals surface area contributed by atoms with Gasteiger partial charge in [-0.2, -0.15) is 0 Å². The summed E-state index contributed by atoms with van der Waals surface area (Å²) in [5, 5.41) is 0. The Hall–Kier alpha value is -0.570. The molecule has 2 aliphatic rings. The Labute approximate surface area is 98.4 Å². The molecule has 1 saturated carbocycles. The molecule has 0 aromatic rings. The zero-order chi connectivity index (χ0) is 11.6. The average molecular weight is 224 g/mol. The second-order valence-electron chi connectivity index (χ2n) is 5.51. The number of hydrogen-bond donors (Lipinski definition) is 1. The Kier molecular flexibility index (Phi) is 3.53. The fourth-order valence-electron chi connectivity index (χ4n) is 3.24. The van der Waals surface area contributed by atoms with Crippen LogP contribution in [-0.4, -0.2) is 30.4 Å². The van der Waals surface area contributed by atoms with Crippen LogP contribution in [0.25, 0.3) is 0 Å². The fourth-order valence-corrected chi connectivity index (χ4v) is 3.24. The van der Waals surface area contributed by atoms with Gasteiger partial charge in [-0.25, -0.2) is 0 Å². The Morgan fingerprint density at radius 1 is 1.44 bits per heavy atom. The Morgan fingerprint density at radius 3 is 2.62 bits per heavy atom. The van der Waals surface area contributed by atoms with Crippen LogP contribution in [0, 0.1) is 11.3 Å². The molecule has 2 N–H and O–H groups in total. The predicted octanol–water partition coefficient (Wildman–Crippen LogP) is 1.76. The maximum atomic E-state index is 12.5. The van der Waals surface area contributed by atoms with E-state index in [0.29, 0.717) is 12.5 Å². The number of likely N-dealkylation sites (tertiary alicyclic amines) is 1. The molecule has 1 aliphatic heterocycles. The minimum absolute atomic E-state index is 0.192. The lowest BCUT2D eigenvalue weighted by Crippen LogP contribution is -2.45. The van der Waals surface area contributed by atoms with Crippen LogP contribution in [0.15, 0.2) is 0 Å². The van der Waals surface area contributed by atoms with E-state index in [1.807, 2.05) is 0 Å². The summed E-state index contributed by atoms with van der Waals surface area (Å²) in [6, 6.07) is 0. The topological polar surface area (TPSA) is 46.3 Å². The molecule has 0 aromatic carbocycles. The van der Waals surface area contributed by atoms with Crippen molar-refractivity contribution >= 4 is 5.91 Å². The molecule has 92 valence electrons. The van der Waals surface area contributed by atoms with Crippen LogP contribution in [0.3, 0.4) is 0 Å². The van der Waals surface area contributed by atoms with Gasteiger partial charge in [0, 0.05) is 19.6 Å². The Morgan fingerprint density at radius 2 is 2.12 bits per heavy atom. The summed E-state index contributed by atoms with van der Waals surface area (Å²) in [4.78, 5) is 14.6. The molecular formula is C13H24N2O. The summed E-state index contributed by atoms with van der Waals surface area (Å²) >= 11 is 0.